The summed E-state index contributed by atoms with van der Waals surface area (Å²) in [4.78, 5) is 2.59. The maximum Gasteiger partial charge on any atom is 0.0224 e. The van der Waals surface area contributed by atoms with Crippen molar-refractivity contribution in [3.05, 3.63) is 12.2 Å². The van der Waals surface area contributed by atoms with Gasteiger partial charge in [0.1, 0.15) is 0 Å². The first-order valence-electron chi connectivity index (χ1n) is 5.94. The lowest BCUT2D eigenvalue weighted by molar-refractivity contribution is 0.273. The van der Waals surface area contributed by atoms with E-state index in [9.17, 15) is 0 Å². The largest absolute Gasteiger partial charge is 0.315 e. The van der Waals surface area contributed by atoms with Gasteiger partial charge in [0.2, 0.25) is 0 Å². The molecule has 0 aromatic rings. The van der Waals surface area contributed by atoms with Crippen molar-refractivity contribution in [1.82, 2.24) is 10.2 Å². The molecule has 0 aromatic carbocycles. The molecule has 82 valence electrons. The molecule has 0 radical (unpaired) electrons. The van der Waals surface area contributed by atoms with E-state index in [-0.39, 0.29) is 0 Å². The maximum absolute atomic E-state index is 3.52. The lowest BCUT2D eigenvalue weighted by Gasteiger charge is -2.23. The monoisotopic (exact) mass is 196 g/mol. The second kappa shape index (κ2) is 7.02. The average Bonchev–Trinajstić information content (AvgIpc) is 2.63. The highest BCUT2D eigenvalue weighted by Gasteiger charge is 2.22. The third kappa shape index (κ3) is 3.81. The Bertz CT molecular complexity index is 166. The summed E-state index contributed by atoms with van der Waals surface area (Å²) < 4.78 is 0. The Hall–Kier alpha value is -0.340. The van der Waals surface area contributed by atoms with Gasteiger partial charge in [0.25, 0.3) is 0 Å². The molecule has 1 atom stereocenters. The second-order valence-electron chi connectivity index (χ2n) is 4.06. The van der Waals surface area contributed by atoms with Gasteiger partial charge in [-0.25, -0.2) is 0 Å². The molecule has 1 heterocycles. The summed E-state index contributed by atoms with van der Waals surface area (Å²) in [5, 5.41) is 3.52. The number of likely N-dealkylation sites (tertiary alicyclic amines) is 1. The van der Waals surface area contributed by atoms with Crippen LogP contribution in [0.4, 0.5) is 0 Å². The highest BCUT2D eigenvalue weighted by Crippen LogP contribution is 2.15. The summed E-state index contributed by atoms with van der Waals surface area (Å²) in [6.45, 7) is 9.07. The summed E-state index contributed by atoms with van der Waals surface area (Å²) in [5.74, 6) is 0. The molecule has 0 bridgehead atoms. The number of nitrogens with one attached hydrogen (secondary N) is 1. The van der Waals surface area contributed by atoms with E-state index in [2.05, 4.69) is 36.2 Å². The molecule has 1 rings (SSSR count). The normalized spacial score (nSPS) is 23.7. The SMILES string of the molecule is C/C=C/CN1CCCC1CNCCC. The van der Waals surface area contributed by atoms with Crippen LogP contribution < -0.4 is 5.32 Å². The fourth-order valence-corrected chi connectivity index (χ4v) is 2.05. The topological polar surface area (TPSA) is 15.3 Å². The summed E-state index contributed by atoms with van der Waals surface area (Å²) in [6.07, 6.45) is 8.39. The lowest BCUT2D eigenvalue weighted by atomic mass is 10.2. The molecule has 2 nitrogen and oxygen atoms in total. The average molecular weight is 196 g/mol. The fourth-order valence-electron chi connectivity index (χ4n) is 2.05. The van der Waals surface area contributed by atoms with Crippen molar-refractivity contribution in [2.45, 2.75) is 39.2 Å². The van der Waals surface area contributed by atoms with E-state index in [0.717, 1.165) is 19.1 Å². The maximum atomic E-state index is 3.52. The third-order valence-corrected chi connectivity index (χ3v) is 2.88. The van der Waals surface area contributed by atoms with Crippen LogP contribution in [0, 0.1) is 0 Å². The molecule has 1 fully saturated rings. The van der Waals surface area contributed by atoms with E-state index in [1.54, 1.807) is 0 Å². The van der Waals surface area contributed by atoms with Gasteiger partial charge in [-0.1, -0.05) is 19.1 Å². The van der Waals surface area contributed by atoms with Gasteiger partial charge in [0.15, 0.2) is 0 Å². The van der Waals surface area contributed by atoms with Gasteiger partial charge in [-0.2, -0.15) is 0 Å². The minimum atomic E-state index is 0.776. The smallest absolute Gasteiger partial charge is 0.0224 e. The molecule has 1 unspecified atom stereocenters. The Balaban J connectivity index is 2.20. The first-order valence-corrected chi connectivity index (χ1v) is 5.94. The first-order chi connectivity index (χ1) is 6.88. The van der Waals surface area contributed by atoms with Gasteiger partial charge < -0.3 is 5.32 Å². The van der Waals surface area contributed by atoms with Crippen molar-refractivity contribution in [2.75, 3.05) is 26.2 Å². The van der Waals surface area contributed by atoms with Crippen molar-refractivity contribution >= 4 is 0 Å². The van der Waals surface area contributed by atoms with Gasteiger partial charge in [-0.3, -0.25) is 4.90 Å². The number of hydrogen-bond donors (Lipinski definition) is 1. The Labute approximate surface area is 88.4 Å². The van der Waals surface area contributed by atoms with Crippen LogP contribution in [0.5, 0.6) is 0 Å². The van der Waals surface area contributed by atoms with E-state index in [4.69, 9.17) is 0 Å². The number of allylic oxidation sites excluding steroid dienone is 1. The van der Waals surface area contributed by atoms with Crippen molar-refractivity contribution < 1.29 is 0 Å². The quantitative estimate of drug-likeness (QED) is 0.516. The summed E-state index contributed by atoms with van der Waals surface area (Å²) in [5.41, 5.74) is 0. The molecule has 2 heteroatoms. The molecule has 0 spiro atoms. The molecule has 0 saturated carbocycles. The summed E-state index contributed by atoms with van der Waals surface area (Å²) in [6, 6.07) is 0.776. The number of hydrogen-bond acceptors (Lipinski definition) is 2. The number of nitrogens with zero attached hydrogens (tertiary/aromatic N) is 1. The molecule has 14 heavy (non-hydrogen) atoms. The molecule has 1 aliphatic heterocycles. The first kappa shape index (κ1) is 11.7. The molecule has 0 aliphatic carbocycles. The van der Waals surface area contributed by atoms with Crippen LogP contribution in [0.3, 0.4) is 0 Å². The minimum Gasteiger partial charge on any atom is -0.315 e. The van der Waals surface area contributed by atoms with Gasteiger partial charge in [-0.05, 0) is 39.3 Å². The molecule has 1 N–H and O–H groups in total. The summed E-state index contributed by atoms with van der Waals surface area (Å²) >= 11 is 0. The predicted octanol–water partition coefficient (Wildman–Crippen LogP) is 2.03. The number of rotatable bonds is 6. The third-order valence-electron chi connectivity index (χ3n) is 2.88. The highest BCUT2D eigenvalue weighted by molar-refractivity contribution is 4.88. The van der Waals surface area contributed by atoms with Gasteiger partial charge >= 0.3 is 0 Å². The molecule has 1 aliphatic rings. The van der Waals surface area contributed by atoms with E-state index in [1.165, 1.54) is 32.4 Å². The Morgan fingerprint density at radius 2 is 2.36 bits per heavy atom. The summed E-state index contributed by atoms with van der Waals surface area (Å²) in [7, 11) is 0. The van der Waals surface area contributed by atoms with Gasteiger partial charge in [0.05, 0.1) is 0 Å². The Morgan fingerprint density at radius 3 is 3.07 bits per heavy atom. The van der Waals surface area contributed by atoms with E-state index >= 15 is 0 Å². The zero-order valence-corrected chi connectivity index (χ0v) is 9.63. The van der Waals surface area contributed by atoms with E-state index in [1.807, 2.05) is 0 Å². The Kier molecular flexibility index (Phi) is 5.88. The van der Waals surface area contributed by atoms with Crippen LogP contribution in [0.15, 0.2) is 12.2 Å². The lowest BCUT2D eigenvalue weighted by Crippen LogP contribution is -2.38. The molecule has 0 aromatic heterocycles. The molecular formula is C12H24N2. The van der Waals surface area contributed by atoms with E-state index < -0.39 is 0 Å². The zero-order chi connectivity index (χ0) is 10.2. The van der Waals surface area contributed by atoms with Crippen molar-refractivity contribution in [2.24, 2.45) is 0 Å². The van der Waals surface area contributed by atoms with Crippen LogP contribution in [-0.2, 0) is 0 Å². The molecule has 1 saturated heterocycles. The fraction of sp³-hybridized carbons (Fsp3) is 0.833. The van der Waals surface area contributed by atoms with Crippen LogP contribution in [0.2, 0.25) is 0 Å². The minimum absolute atomic E-state index is 0.776. The molecule has 0 amide bonds. The van der Waals surface area contributed by atoms with Crippen LogP contribution in [0.1, 0.15) is 33.1 Å². The highest BCUT2D eigenvalue weighted by atomic mass is 15.2. The molecular weight excluding hydrogens is 172 g/mol. The standard InChI is InChI=1S/C12H24N2/c1-3-5-9-14-10-6-7-12(14)11-13-8-4-2/h3,5,12-13H,4,6-11H2,1-2H3/b5-3+. The predicted molar refractivity (Wildman–Crippen MR) is 62.6 cm³/mol. The van der Waals surface area contributed by atoms with Crippen LogP contribution in [0.25, 0.3) is 0 Å². The van der Waals surface area contributed by atoms with E-state index in [0.29, 0.717) is 0 Å². The van der Waals surface area contributed by atoms with Gasteiger partial charge in [0, 0.05) is 19.1 Å². The van der Waals surface area contributed by atoms with Gasteiger partial charge in [-0.15, -0.1) is 0 Å². The van der Waals surface area contributed by atoms with Crippen molar-refractivity contribution in [1.29, 1.82) is 0 Å². The van der Waals surface area contributed by atoms with Crippen molar-refractivity contribution in [3.8, 4) is 0 Å². The van der Waals surface area contributed by atoms with Crippen LogP contribution in [-0.4, -0.2) is 37.1 Å². The van der Waals surface area contributed by atoms with Crippen LogP contribution >= 0.6 is 0 Å². The van der Waals surface area contributed by atoms with Crippen molar-refractivity contribution in [3.63, 3.8) is 0 Å². The second-order valence-corrected chi connectivity index (χ2v) is 4.06. The zero-order valence-electron chi connectivity index (χ0n) is 9.63. The Morgan fingerprint density at radius 1 is 1.50 bits per heavy atom.